The number of aliphatic hydroxyl groups excluding tert-OH is 4. The third-order valence-electron chi connectivity index (χ3n) is 5.01. The van der Waals surface area contributed by atoms with E-state index in [0.29, 0.717) is 5.69 Å². The Balaban J connectivity index is 2.02. The van der Waals surface area contributed by atoms with Crippen LogP contribution in [0.4, 0.5) is 0 Å². The summed E-state index contributed by atoms with van der Waals surface area (Å²) in [5.74, 6) is -0.267. The number of aromatic nitrogens is 3. The summed E-state index contributed by atoms with van der Waals surface area (Å²) in [5, 5.41) is 50.3. The first-order valence-electron chi connectivity index (χ1n) is 9.26. The van der Waals surface area contributed by atoms with Crippen LogP contribution in [0.3, 0.4) is 0 Å². The molecule has 1 aliphatic heterocycles. The number of aromatic amines is 1. The van der Waals surface area contributed by atoms with Gasteiger partial charge < -0.3 is 25.2 Å². The molecule has 144 valence electrons. The lowest BCUT2D eigenvalue weighted by atomic mass is 9.83. The van der Waals surface area contributed by atoms with Crippen LogP contribution in [-0.4, -0.2) is 73.0 Å². The first-order chi connectivity index (χ1) is 12.1. The molecule has 0 amide bonds. The highest BCUT2D eigenvalue weighted by molar-refractivity contribution is 5.09. The second kappa shape index (κ2) is 10.2. The van der Waals surface area contributed by atoms with Gasteiger partial charge in [-0.1, -0.05) is 45.4 Å². The van der Waals surface area contributed by atoms with Crippen LogP contribution in [0.2, 0.25) is 0 Å². The molecule has 2 heterocycles. The lowest BCUT2D eigenvalue weighted by Gasteiger charge is -2.42. The molecule has 0 aliphatic carbocycles. The molecule has 0 bridgehead atoms. The normalized spacial score (nSPS) is 31.2. The van der Waals surface area contributed by atoms with Gasteiger partial charge in [-0.3, -0.25) is 0 Å². The number of nitrogens with zero attached hydrogens (tertiary/aromatic N) is 2. The second-order valence-electron chi connectivity index (χ2n) is 6.85. The molecule has 0 radical (unpaired) electrons. The number of hydrogen-bond donors (Lipinski definition) is 5. The summed E-state index contributed by atoms with van der Waals surface area (Å²) in [6, 6.07) is 0. The van der Waals surface area contributed by atoms with Crippen LogP contribution in [0.5, 0.6) is 0 Å². The van der Waals surface area contributed by atoms with E-state index in [9.17, 15) is 20.4 Å². The standard InChI is InChI=1S/C17H31N3O5/c1-2-3-4-5-6-7-8-11(12-9-18-20-19-12)17-16(24)15(23)14(22)13(10-21)25-17/h9,11,13-17,21-24H,2-8,10H2,1H3,(H,18,19,20)/t11?,13-,14-,15+,16-,17?/m1/s1. The lowest BCUT2D eigenvalue weighted by molar-refractivity contribution is -0.235. The van der Waals surface area contributed by atoms with Gasteiger partial charge in [-0.05, 0) is 6.42 Å². The fourth-order valence-corrected chi connectivity index (χ4v) is 3.48. The van der Waals surface area contributed by atoms with Crippen LogP contribution in [0.1, 0.15) is 63.5 Å². The van der Waals surface area contributed by atoms with E-state index in [1.165, 1.54) is 19.3 Å². The lowest BCUT2D eigenvalue weighted by Crippen LogP contribution is -2.59. The van der Waals surface area contributed by atoms with Crippen LogP contribution in [-0.2, 0) is 4.74 Å². The largest absolute Gasteiger partial charge is 0.394 e. The number of nitrogens with one attached hydrogen (secondary N) is 1. The van der Waals surface area contributed by atoms with Crippen LogP contribution in [0.25, 0.3) is 0 Å². The zero-order chi connectivity index (χ0) is 18.2. The van der Waals surface area contributed by atoms with E-state index >= 15 is 0 Å². The predicted molar refractivity (Wildman–Crippen MR) is 90.9 cm³/mol. The van der Waals surface area contributed by atoms with Crippen molar-refractivity contribution in [1.82, 2.24) is 15.4 Å². The molecule has 2 unspecified atom stereocenters. The van der Waals surface area contributed by atoms with Gasteiger partial charge in [0.25, 0.3) is 0 Å². The van der Waals surface area contributed by atoms with E-state index in [0.717, 1.165) is 25.7 Å². The van der Waals surface area contributed by atoms with Crippen LogP contribution >= 0.6 is 0 Å². The van der Waals surface area contributed by atoms with E-state index < -0.39 is 37.1 Å². The Morgan fingerprint density at radius 2 is 1.80 bits per heavy atom. The number of unbranched alkanes of at least 4 members (excludes halogenated alkanes) is 5. The maximum atomic E-state index is 10.4. The van der Waals surface area contributed by atoms with Crippen LogP contribution < -0.4 is 0 Å². The molecule has 6 atom stereocenters. The Bertz CT molecular complexity index is 471. The fraction of sp³-hybridized carbons (Fsp3) is 0.882. The summed E-state index contributed by atoms with van der Waals surface area (Å²) in [6.07, 6.45) is 3.52. The fourth-order valence-electron chi connectivity index (χ4n) is 3.48. The van der Waals surface area contributed by atoms with Crippen LogP contribution in [0.15, 0.2) is 6.20 Å². The highest BCUT2D eigenvalue weighted by Gasteiger charge is 2.46. The minimum Gasteiger partial charge on any atom is -0.394 e. The van der Waals surface area contributed by atoms with E-state index in [1.54, 1.807) is 6.20 Å². The number of ether oxygens (including phenoxy) is 1. The summed E-state index contributed by atoms with van der Waals surface area (Å²) in [4.78, 5) is 0. The monoisotopic (exact) mass is 357 g/mol. The molecule has 2 rings (SSSR count). The third kappa shape index (κ3) is 5.21. The van der Waals surface area contributed by atoms with Gasteiger partial charge in [0, 0.05) is 5.92 Å². The number of aliphatic hydroxyl groups is 4. The molecule has 0 saturated carbocycles. The highest BCUT2D eigenvalue weighted by atomic mass is 16.5. The van der Waals surface area contributed by atoms with Crippen molar-refractivity contribution < 1.29 is 25.2 Å². The summed E-state index contributed by atoms with van der Waals surface area (Å²) in [5.41, 5.74) is 0.651. The molecule has 1 aromatic rings. The van der Waals surface area contributed by atoms with Crippen molar-refractivity contribution in [3.63, 3.8) is 0 Å². The van der Waals surface area contributed by atoms with Crippen molar-refractivity contribution in [2.24, 2.45) is 0 Å². The molecule has 1 saturated heterocycles. The maximum Gasteiger partial charge on any atom is 0.111 e. The van der Waals surface area contributed by atoms with Gasteiger partial charge in [0.2, 0.25) is 0 Å². The van der Waals surface area contributed by atoms with Crippen molar-refractivity contribution >= 4 is 0 Å². The van der Waals surface area contributed by atoms with Gasteiger partial charge in [-0.2, -0.15) is 15.4 Å². The second-order valence-corrected chi connectivity index (χ2v) is 6.85. The molecule has 8 nitrogen and oxygen atoms in total. The van der Waals surface area contributed by atoms with Gasteiger partial charge in [0.05, 0.1) is 24.6 Å². The molecule has 5 N–H and O–H groups in total. The first-order valence-corrected chi connectivity index (χ1v) is 9.26. The summed E-state index contributed by atoms with van der Waals surface area (Å²) in [6.45, 7) is 1.75. The van der Waals surface area contributed by atoms with Crippen molar-refractivity contribution in [3.8, 4) is 0 Å². The molecule has 1 aromatic heterocycles. The molecule has 1 fully saturated rings. The Morgan fingerprint density at radius 3 is 2.44 bits per heavy atom. The summed E-state index contributed by atoms with van der Waals surface area (Å²) < 4.78 is 5.72. The molecular weight excluding hydrogens is 326 g/mol. The Hall–Kier alpha value is -1.06. The molecule has 0 spiro atoms. The van der Waals surface area contributed by atoms with Crippen molar-refractivity contribution in [2.45, 2.75) is 88.3 Å². The molecular formula is C17H31N3O5. The number of H-pyrrole nitrogens is 1. The van der Waals surface area contributed by atoms with Crippen molar-refractivity contribution in [2.75, 3.05) is 6.61 Å². The third-order valence-corrected chi connectivity index (χ3v) is 5.01. The van der Waals surface area contributed by atoms with Gasteiger partial charge in [0.1, 0.15) is 24.4 Å². The Labute approximate surface area is 148 Å². The SMILES string of the molecule is CCCCCCCCC(c1cn[nH]n1)C1O[C@H](CO)[C@@H](O)[C@H](O)[C@H]1O. The van der Waals surface area contributed by atoms with Gasteiger partial charge in [-0.25, -0.2) is 0 Å². The first kappa shape index (κ1) is 20.3. The van der Waals surface area contributed by atoms with E-state index in [2.05, 4.69) is 22.3 Å². The zero-order valence-electron chi connectivity index (χ0n) is 14.8. The quantitative estimate of drug-likeness (QED) is 0.385. The number of rotatable bonds is 10. The number of hydrogen-bond acceptors (Lipinski definition) is 7. The van der Waals surface area contributed by atoms with E-state index in [1.807, 2.05) is 0 Å². The average molecular weight is 357 g/mol. The topological polar surface area (TPSA) is 132 Å². The predicted octanol–water partition coefficient (Wildman–Crippen LogP) is 0.481. The maximum absolute atomic E-state index is 10.4. The average Bonchev–Trinajstić information content (AvgIpc) is 3.14. The minimum absolute atomic E-state index is 0.267. The zero-order valence-corrected chi connectivity index (χ0v) is 14.8. The molecule has 0 aromatic carbocycles. The summed E-state index contributed by atoms with van der Waals surface area (Å²) in [7, 11) is 0. The van der Waals surface area contributed by atoms with E-state index in [4.69, 9.17) is 4.74 Å². The van der Waals surface area contributed by atoms with Gasteiger partial charge in [-0.15, -0.1) is 0 Å². The minimum atomic E-state index is -1.37. The molecule has 1 aliphatic rings. The summed E-state index contributed by atoms with van der Waals surface area (Å²) >= 11 is 0. The highest BCUT2D eigenvalue weighted by Crippen LogP contribution is 2.34. The van der Waals surface area contributed by atoms with Gasteiger partial charge >= 0.3 is 0 Å². The molecule has 25 heavy (non-hydrogen) atoms. The van der Waals surface area contributed by atoms with E-state index in [-0.39, 0.29) is 5.92 Å². The smallest absolute Gasteiger partial charge is 0.111 e. The van der Waals surface area contributed by atoms with Crippen molar-refractivity contribution in [3.05, 3.63) is 11.9 Å². The van der Waals surface area contributed by atoms with Crippen molar-refractivity contribution in [1.29, 1.82) is 0 Å². The Morgan fingerprint density at radius 1 is 1.08 bits per heavy atom. The Kier molecular flexibility index (Phi) is 8.25. The van der Waals surface area contributed by atoms with Crippen LogP contribution in [0, 0.1) is 0 Å². The van der Waals surface area contributed by atoms with Gasteiger partial charge in [0.15, 0.2) is 0 Å². The molecule has 8 heteroatoms.